The predicted octanol–water partition coefficient (Wildman–Crippen LogP) is 7.37. The van der Waals surface area contributed by atoms with Gasteiger partial charge in [-0.15, -0.1) is 0 Å². The van der Waals surface area contributed by atoms with Crippen molar-refractivity contribution < 1.29 is 19.1 Å². The third kappa shape index (κ3) is 4.98. The molecule has 0 saturated carbocycles. The number of carbonyl (C=O) groups excluding carboxylic acids is 3. The molecule has 1 heterocycles. The van der Waals surface area contributed by atoms with E-state index in [1.165, 1.54) is 4.90 Å². The number of hydrogen-bond donors (Lipinski definition) is 0. The lowest BCUT2D eigenvalue weighted by molar-refractivity contribution is -0.123. The van der Waals surface area contributed by atoms with E-state index in [9.17, 15) is 14.4 Å². The lowest BCUT2D eigenvalue weighted by atomic mass is 10.0. The van der Waals surface area contributed by atoms with Gasteiger partial charge in [0.2, 0.25) is 0 Å². The fourth-order valence-electron chi connectivity index (χ4n) is 4.03. The van der Waals surface area contributed by atoms with Gasteiger partial charge in [0.15, 0.2) is 0 Å². The monoisotopic (exact) mass is 557 g/mol. The van der Waals surface area contributed by atoms with Gasteiger partial charge in [-0.1, -0.05) is 72.3 Å². The maximum atomic E-state index is 12.9. The SMILES string of the molecule is Cc1cccc(CN2C(=O)S/C(=C\c3ccc(OC(=O)c4cccc5ccccc45)c(Br)c3)C2=O)c1. The number of benzene rings is 4. The van der Waals surface area contributed by atoms with Gasteiger partial charge in [-0.2, -0.15) is 0 Å². The van der Waals surface area contributed by atoms with E-state index < -0.39 is 5.97 Å². The number of amides is 2. The van der Waals surface area contributed by atoms with Crippen molar-refractivity contribution in [2.75, 3.05) is 0 Å². The Morgan fingerprint density at radius 3 is 2.56 bits per heavy atom. The first kappa shape index (κ1) is 24.0. The standard InChI is InChI=1S/C29H20BrNO4S/c1-18-6-4-7-20(14-18)17-31-27(32)26(36-29(31)34)16-19-12-13-25(24(30)15-19)35-28(33)23-11-5-9-21-8-2-3-10-22(21)23/h2-16H,17H2,1H3/b26-16-. The Morgan fingerprint density at radius 2 is 1.75 bits per heavy atom. The summed E-state index contributed by atoms with van der Waals surface area (Å²) in [6, 6.07) is 26.0. The molecule has 0 spiro atoms. The van der Waals surface area contributed by atoms with Crippen LogP contribution in [0.2, 0.25) is 0 Å². The molecule has 4 aromatic rings. The van der Waals surface area contributed by atoms with Gasteiger partial charge >= 0.3 is 5.97 Å². The van der Waals surface area contributed by atoms with Gasteiger partial charge in [-0.3, -0.25) is 14.5 Å². The van der Waals surface area contributed by atoms with E-state index in [0.717, 1.165) is 33.7 Å². The highest BCUT2D eigenvalue weighted by atomic mass is 79.9. The van der Waals surface area contributed by atoms with E-state index in [4.69, 9.17) is 4.74 Å². The zero-order valence-electron chi connectivity index (χ0n) is 19.2. The zero-order chi connectivity index (χ0) is 25.2. The number of hydrogen-bond acceptors (Lipinski definition) is 5. The highest BCUT2D eigenvalue weighted by Gasteiger charge is 2.35. The van der Waals surface area contributed by atoms with Gasteiger partial charge < -0.3 is 4.74 Å². The maximum Gasteiger partial charge on any atom is 0.344 e. The van der Waals surface area contributed by atoms with Crippen LogP contribution < -0.4 is 4.74 Å². The van der Waals surface area contributed by atoms with Crippen molar-refractivity contribution in [3.63, 3.8) is 0 Å². The fraction of sp³-hybridized carbons (Fsp3) is 0.0690. The van der Waals surface area contributed by atoms with E-state index in [-0.39, 0.29) is 17.7 Å². The van der Waals surface area contributed by atoms with Crippen LogP contribution in [0.1, 0.15) is 27.0 Å². The van der Waals surface area contributed by atoms with Gasteiger partial charge in [0, 0.05) is 0 Å². The summed E-state index contributed by atoms with van der Waals surface area (Å²) in [7, 11) is 0. The Morgan fingerprint density at radius 1 is 0.972 bits per heavy atom. The number of fused-ring (bicyclic) bond motifs is 1. The summed E-state index contributed by atoms with van der Waals surface area (Å²) in [6.45, 7) is 2.20. The minimum atomic E-state index is -0.461. The second-order valence-corrected chi connectivity index (χ2v) is 10.2. The quantitative estimate of drug-likeness (QED) is 0.145. The molecule has 0 aliphatic carbocycles. The van der Waals surface area contributed by atoms with E-state index in [0.29, 0.717) is 26.3 Å². The van der Waals surface area contributed by atoms with Crippen LogP contribution in [0, 0.1) is 6.92 Å². The molecule has 0 N–H and O–H groups in total. The Hall–Kier alpha value is -3.68. The van der Waals surface area contributed by atoms with Crippen molar-refractivity contribution in [2.45, 2.75) is 13.5 Å². The minimum absolute atomic E-state index is 0.233. The molecule has 5 nitrogen and oxygen atoms in total. The van der Waals surface area contributed by atoms with E-state index >= 15 is 0 Å². The first-order chi connectivity index (χ1) is 17.4. The highest BCUT2D eigenvalue weighted by molar-refractivity contribution is 9.10. The van der Waals surface area contributed by atoms with Crippen molar-refractivity contribution in [1.29, 1.82) is 0 Å². The normalized spacial score (nSPS) is 14.6. The second-order valence-electron chi connectivity index (χ2n) is 8.36. The van der Waals surface area contributed by atoms with Crippen molar-refractivity contribution >= 4 is 61.7 Å². The molecule has 36 heavy (non-hydrogen) atoms. The van der Waals surface area contributed by atoms with Gasteiger partial charge in [0.1, 0.15) is 5.75 Å². The summed E-state index contributed by atoms with van der Waals surface area (Å²) < 4.78 is 6.21. The van der Waals surface area contributed by atoms with Crippen molar-refractivity contribution in [3.05, 3.63) is 117 Å². The first-order valence-electron chi connectivity index (χ1n) is 11.2. The lowest BCUT2D eigenvalue weighted by Crippen LogP contribution is -2.27. The lowest BCUT2D eigenvalue weighted by Gasteiger charge is -2.12. The van der Waals surface area contributed by atoms with E-state index in [2.05, 4.69) is 15.9 Å². The fourth-order valence-corrected chi connectivity index (χ4v) is 5.34. The zero-order valence-corrected chi connectivity index (χ0v) is 21.6. The molecule has 0 bridgehead atoms. The molecule has 1 fully saturated rings. The number of nitrogens with zero attached hydrogens (tertiary/aromatic N) is 1. The topological polar surface area (TPSA) is 63.7 Å². The van der Waals surface area contributed by atoms with Crippen molar-refractivity contribution in [1.82, 2.24) is 4.90 Å². The van der Waals surface area contributed by atoms with Gasteiger partial charge in [-0.05, 0) is 80.8 Å². The molecule has 1 saturated heterocycles. The van der Waals surface area contributed by atoms with Crippen LogP contribution in [0.5, 0.6) is 5.75 Å². The number of rotatable bonds is 5. The van der Waals surface area contributed by atoms with Crippen LogP contribution >= 0.6 is 27.7 Å². The maximum absolute atomic E-state index is 12.9. The summed E-state index contributed by atoms with van der Waals surface area (Å²) in [5.41, 5.74) is 3.15. The van der Waals surface area contributed by atoms with Crippen LogP contribution in [-0.2, 0) is 11.3 Å². The average molecular weight is 558 g/mol. The largest absolute Gasteiger partial charge is 0.422 e. The van der Waals surface area contributed by atoms with Crippen LogP contribution in [0.4, 0.5) is 4.79 Å². The number of imide groups is 1. The molecule has 4 aromatic carbocycles. The number of aryl methyl sites for hydroxylation is 1. The molecule has 178 valence electrons. The molecule has 5 rings (SSSR count). The van der Waals surface area contributed by atoms with Crippen molar-refractivity contribution in [3.8, 4) is 5.75 Å². The Labute approximate surface area is 220 Å². The van der Waals surface area contributed by atoms with Gasteiger partial charge in [-0.25, -0.2) is 4.79 Å². The number of thioether (sulfide) groups is 1. The molecule has 2 amide bonds. The first-order valence-corrected chi connectivity index (χ1v) is 12.8. The predicted molar refractivity (Wildman–Crippen MR) is 146 cm³/mol. The van der Waals surface area contributed by atoms with Gasteiger partial charge in [0.25, 0.3) is 11.1 Å². The Balaban J connectivity index is 1.33. The number of ether oxygens (including phenoxy) is 1. The summed E-state index contributed by atoms with van der Waals surface area (Å²) in [4.78, 5) is 39.9. The molecule has 1 aliphatic rings. The van der Waals surface area contributed by atoms with Gasteiger partial charge in [0.05, 0.1) is 21.5 Å². The van der Waals surface area contributed by atoms with Crippen LogP contribution in [0.3, 0.4) is 0 Å². The number of esters is 1. The van der Waals surface area contributed by atoms with Crippen LogP contribution in [0.15, 0.2) is 94.3 Å². The smallest absolute Gasteiger partial charge is 0.344 e. The molecule has 7 heteroatoms. The molecular formula is C29H20BrNO4S. The van der Waals surface area contributed by atoms with Crippen LogP contribution in [0.25, 0.3) is 16.8 Å². The molecule has 0 unspecified atom stereocenters. The molecule has 0 radical (unpaired) electrons. The van der Waals surface area contributed by atoms with E-state index in [1.807, 2.05) is 67.6 Å². The third-order valence-corrected chi connectivity index (χ3v) is 7.29. The van der Waals surface area contributed by atoms with Crippen molar-refractivity contribution in [2.24, 2.45) is 0 Å². The molecule has 0 aromatic heterocycles. The summed E-state index contributed by atoms with van der Waals surface area (Å²) >= 11 is 4.38. The summed E-state index contributed by atoms with van der Waals surface area (Å²) in [6.07, 6.45) is 1.67. The minimum Gasteiger partial charge on any atom is -0.422 e. The second kappa shape index (κ2) is 10.1. The summed E-state index contributed by atoms with van der Waals surface area (Å²) in [5.74, 6) is -0.427. The van der Waals surface area contributed by atoms with E-state index in [1.54, 1.807) is 30.3 Å². The third-order valence-electron chi connectivity index (χ3n) is 5.76. The number of carbonyl (C=O) groups is 3. The summed E-state index contributed by atoms with van der Waals surface area (Å²) in [5, 5.41) is 1.48. The van der Waals surface area contributed by atoms with Crippen LogP contribution in [-0.4, -0.2) is 22.0 Å². The molecular weight excluding hydrogens is 538 g/mol. The average Bonchev–Trinajstić information content (AvgIpc) is 3.12. The number of halogens is 1. The molecule has 1 aliphatic heterocycles. The Bertz CT molecular complexity index is 1560. The molecule has 0 atom stereocenters. The Kier molecular flexibility index (Phi) is 6.76. The highest BCUT2D eigenvalue weighted by Crippen LogP contribution is 2.35.